The zero-order valence-electron chi connectivity index (χ0n) is 15.0. The van der Waals surface area contributed by atoms with Gasteiger partial charge in [0.2, 0.25) is 0 Å². The molecule has 0 fully saturated rings. The molecule has 0 saturated heterocycles. The highest BCUT2D eigenvalue weighted by molar-refractivity contribution is 5.70. The predicted molar refractivity (Wildman–Crippen MR) is 106 cm³/mol. The first-order valence-corrected chi connectivity index (χ1v) is 8.69. The summed E-state index contributed by atoms with van der Waals surface area (Å²) < 4.78 is 2.23. The molecule has 0 atom stereocenters. The molecule has 0 saturated carbocycles. The van der Waals surface area contributed by atoms with Gasteiger partial charge in [0.05, 0.1) is 0 Å². The van der Waals surface area contributed by atoms with Crippen molar-refractivity contribution in [3.8, 4) is 0 Å². The zero-order chi connectivity index (χ0) is 17.5. The van der Waals surface area contributed by atoms with Crippen LogP contribution in [0.2, 0.25) is 0 Å². The second kappa shape index (κ2) is 8.29. The number of nitrogens with zero attached hydrogens (tertiary/aromatic N) is 2. The van der Waals surface area contributed by atoms with Gasteiger partial charge < -0.3 is 4.90 Å². The molecule has 1 aromatic heterocycles. The fourth-order valence-electron chi connectivity index (χ4n) is 2.71. The van der Waals surface area contributed by atoms with Crippen molar-refractivity contribution in [2.75, 3.05) is 19.0 Å². The van der Waals surface area contributed by atoms with E-state index in [4.69, 9.17) is 0 Å². The third-order valence-corrected chi connectivity index (χ3v) is 4.30. The van der Waals surface area contributed by atoms with E-state index in [9.17, 15) is 0 Å². The molecule has 25 heavy (non-hydrogen) atoms. The lowest BCUT2D eigenvalue weighted by Gasteiger charge is -2.11. The average molecular weight is 329 g/mol. The molecule has 1 heterocycles. The van der Waals surface area contributed by atoms with Crippen LogP contribution < -0.4 is 9.47 Å². The molecule has 3 aromatic rings. The smallest absolute Gasteiger partial charge is 0.169 e. The standard InChI is InChI=1S/C23H25N2/c1-24(2)23-12-10-21(11-13-23)8-9-22-15-18-25(19-16-22)17-14-20-6-4-3-5-7-20/h3-13,15-16,18-19H,14,17H2,1-2H3/q+1. The molecule has 0 bridgehead atoms. The maximum atomic E-state index is 2.23. The Morgan fingerprint density at radius 2 is 1.36 bits per heavy atom. The van der Waals surface area contributed by atoms with E-state index >= 15 is 0 Å². The molecule has 0 spiro atoms. The minimum atomic E-state index is 1.00. The van der Waals surface area contributed by atoms with Crippen molar-refractivity contribution in [1.82, 2.24) is 0 Å². The molecular weight excluding hydrogens is 304 g/mol. The highest BCUT2D eigenvalue weighted by atomic mass is 15.1. The van der Waals surface area contributed by atoms with E-state index in [1.165, 1.54) is 22.4 Å². The van der Waals surface area contributed by atoms with Crippen molar-refractivity contribution in [3.05, 3.63) is 95.8 Å². The maximum Gasteiger partial charge on any atom is 0.169 e. The van der Waals surface area contributed by atoms with Crippen molar-refractivity contribution in [1.29, 1.82) is 0 Å². The summed E-state index contributed by atoms with van der Waals surface area (Å²) in [5, 5.41) is 0. The first-order valence-electron chi connectivity index (χ1n) is 8.69. The number of aryl methyl sites for hydroxylation is 2. The van der Waals surface area contributed by atoms with Crippen LogP contribution in [0.5, 0.6) is 0 Å². The zero-order valence-corrected chi connectivity index (χ0v) is 15.0. The van der Waals surface area contributed by atoms with E-state index < -0.39 is 0 Å². The molecule has 3 rings (SSSR count). The molecule has 0 amide bonds. The second-order valence-corrected chi connectivity index (χ2v) is 6.42. The quantitative estimate of drug-likeness (QED) is 0.606. The first kappa shape index (κ1) is 17.0. The fraction of sp³-hybridized carbons (Fsp3) is 0.174. The Labute approximate surface area is 150 Å². The lowest BCUT2D eigenvalue weighted by Crippen LogP contribution is -2.33. The van der Waals surface area contributed by atoms with Crippen LogP contribution in [0.1, 0.15) is 16.7 Å². The molecule has 2 aromatic carbocycles. The molecule has 0 aliphatic carbocycles. The summed E-state index contributed by atoms with van der Waals surface area (Å²) in [5.41, 5.74) is 5.02. The van der Waals surface area contributed by atoms with Gasteiger partial charge in [0, 0.05) is 38.3 Å². The largest absolute Gasteiger partial charge is 0.378 e. The molecular formula is C23H25N2+. The molecule has 0 aliphatic heterocycles. The maximum absolute atomic E-state index is 2.23. The van der Waals surface area contributed by atoms with Gasteiger partial charge >= 0.3 is 0 Å². The highest BCUT2D eigenvalue weighted by Crippen LogP contribution is 2.14. The number of hydrogen-bond donors (Lipinski definition) is 0. The summed E-state index contributed by atoms with van der Waals surface area (Å²) in [7, 11) is 4.11. The summed E-state index contributed by atoms with van der Waals surface area (Å²) in [6.45, 7) is 1.00. The van der Waals surface area contributed by atoms with E-state index in [1.54, 1.807) is 0 Å². The number of aromatic nitrogens is 1. The Morgan fingerprint density at radius 1 is 0.760 bits per heavy atom. The highest BCUT2D eigenvalue weighted by Gasteiger charge is 2.01. The summed E-state index contributed by atoms with van der Waals surface area (Å²) in [6, 6.07) is 23.5. The van der Waals surface area contributed by atoms with Crippen molar-refractivity contribution in [3.63, 3.8) is 0 Å². The molecule has 0 unspecified atom stereocenters. The normalized spacial score (nSPS) is 11.0. The van der Waals surface area contributed by atoms with Crippen LogP contribution in [0.4, 0.5) is 5.69 Å². The van der Waals surface area contributed by atoms with Gasteiger partial charge in [-0.05, 0) is 28.8 Å². The summed E-state index contributed by atoms with van der Waals surface area (Å²) in [4.78, 5) is 2.11. The third kappa shape index (κ3) is 5.05. The van der Waals surface area contributed by atoms with Gasteiger partial charge in [-0.25, -0.2) is 4.57 Å². The number of anilines is 1. The van der Waals surface area contributed by atoms with Crippen molar-refractivity contribution >= 4 is 17.8 Å². The minimum absolute atomic E-state index is 1.00. The molecule has 126 valence electrons. The molecule has 0 N–H and O–H groups in total. The predicted octanol–water partition coefficient (Wildman–Crippen LogP) is 4.45. The number of benzene rings is 2. The molecule has 2 nitrogen and oxygen atoms in total. The lowest BCUT2D eigenvalue weighted by atomic mass is 10.1. The second-order valence-electron chi connectivity index (χ2n) is 6.42. The summed E-state index contributed by atoms with van der Waals surface area (Å²) in [5.74, 6) is 0. The number of hydrogen-bond acceptors (Lipinski definition) is 1. The lowest BCUT2D eigenvalue weighted by molar-refractivity contribution is -0.696. The molecule has 0 aliphatic rings. The SMILES string of the molecule is CN(C)c1ccc(/C=C/c2cc[n+](CCc3ccccc3)cc2)cc1. The Kier molecular flexibility index (Phi) is 5.63. The van der Waals surface area contributed by atoms with Gasteiger partial charge in [-0.15, -0.1) is 0 Å². The van der Waals surface area contributed by atoms with Crippen LogP contribution in [0, 0.1) is 0 Å². The van der Waals surface area contributed by atoms with Crippen LogP contribution in [0.15, 0.2) is 79.1 Å². The van der Waals surface area contributed by atoms with Gasteiger partial charge in [-0.1, -0.05) is 54.6 Å². The van der Waals surface area contributed by atoms with Gasteiger partial charge in [-0.3, -0.25) is 0 Å². The van der Waals surface area contributed by atoms with Gasteiger partial charge in [0.1, 0.15) is 0 Å². The van der Waals surface area contributed by atoms with E-state index in [0.717, 1.165) is 13.0 Å². The van der Waals surface area contributed by atoms with Crippen molar-refractivity contribution < 1.29 is 4.57 Å². The summed E-state index contributed by atoms with van der Waals surface area (Å²) in [6.07, 6.45) is 9.67. The minimum Gasteiger partial charge on any atom is -0.378 e. The molecule has 0 radical (unpaired) electrons. The van der Waals surface area contributed by atoms with Crippen LogP contribution in [0.25, 0.3) is 12.2 Å². The van der Waals surface area contributed by atoms with E-state index in [0.29, 0.717) is 0 Å². The third-order valence-electron chi connectivity index (χ3n) is 4.30. The van der Waals surface area contributed by atoms with Crippen LogP contribution >= 0.6 is 0 Å². The Balaban J connectivity index is 1.58. The summed E-state index contributed by atoms with van der Waals surface area (Å²) >= 11 is 0. The van der Waals surface area contributed by atoms with E-state index in [2.05, 4.69) is 115 Å². The average Bonchev–Trinajstić information content (AvgIpc) is 2.67. The Morgan fingerprint density at radius 3 is 1.96 bits per heavy atom. The monoisotopic (exact) mass is 329 g/mol. The fourth-order valence-corrected chi connectivity index (χ4v) is 2.71. The van der Waals surface area contributed by atoms with Crippen LogP contribution in [-0.2, 0) is 13.0 Å². The van der Waals surface area contributed by atoms with Crippen LogP contribution in [0.3, 0.4) is 0 Å². The van der Waals surface area contributed by atoms with Gasteiger partial charge in [-0.2, -0.15) is 0 Å². The van der Waals surface area contributed by atoms with Gasteiger partial charge in [0.15, 0.2) is 18.9 Å². The molecule has 2 heteroatoms. The topological polar surface area (TPSA) is 7.12 Å². The Hall–Kier alpha value is -2.87. The van der Waals surface area contributed by atoms with E-state index in [1.807, 2.05) is 0 Å². The van der Waals surface area contributed by atoms with Crippen molar-refractivity contribution in [2.24, 2.45) is 0 Å². The Bertz CT molecular complexity index is 801. The number of pyridine rings is 1. The van der Waals surface area contributed by atoms with E-state index in [-0.39, 0.29) is 0 Å². The van der Waals surface area contributed by atoms with Crippen molar-refractivity contribution in [2.45, 2.75) is 13.0 Å². The number of rotatable bonds is 6. The van der Waals surface area contributed by atoms with Crippen LogP contribution in [-0.4, -0.2) is 14.1 Å². The van der Waals surface area contributed by atoms with Gasteiger partial charge in [0.25, 0.3) is 0 Å². The first-order chi connectivity index (χ1) is 12.2.